The van der Waals surface area contributed by atoms with Crippen molar-refractivity contribution in [2.24, 2.45) is 0 Å². The number of nitrogens with zero attached hydrogens (tertiary/aromatic N) is 1. The normalized spacial score (nSPS) is 17.1. The molecule has 22 heavy (non-hydrogen) atoms. The van der Waals surface area contributed by atoms with Crippen LogP contribution in [0.25, 0.3) is 10.6 Å². The Bertz CT molecular complexity index is 694. The second kappa shape index (κ2) is 6.15. The average molecular weight is 319 g/mol. The summed E-state index contributed by atoms with van der Waals surface area (Å²) in [4.78, 5) is 27.5. The SMILES string of the molecule is COc1ccc(-c2nc(C(=O)O[C@H]3CCOC3=O)cs2)cc1. The standard InChI is InChI=1S/C15H13NO5S/c1-19-10-4-2-9(3-5-10)13-16-11(8-22-13)14(17)21-12-6-7-20-15(12)18/h2-5,8,12H,6-7H2,1H3/t12-/m0/s1. The minimum atomic E-state index is -0.821. The van der Waals surface area contributed by atoms with Gasteiger partial charge in [-0.15, -0.1) is 11.3 Å². The summed E-state index contributed by atoms with van der Waals surface area (Å²) in [5.41, 5.74) is 1.07. The number of rotatable bonds is 4. The van der Waals surface area contributed by atoms with Gasteiger partial charge < -0.3 is 14.2 Å². The first-order chi connectivity index (χ1) is 10.7. The molecule has 0 bridgehead atoms. The van der Waals surface area contributed by atoms with Gasteiger partial charge in [-0.1, -0.05) is 0 Å². The highest BCUT2D eigenvalue weighted by Crippen LogP contribution is 2.26. The van der Waals surface area contributed by atoms with Crippen LogP contribution in [-0.2, 0) is 14.3 Å². The number of aromatic nitrogens is 1. The van der Waals surface area contributed by atoms with Gasteiger partial charge in [-0.05, 0) is 24.3 Å². The fourth-order valence-corrected chi connectivity index (χ4v) is 2.80. The number of benzene rings is 1. The van der Waals surface area contributed by atoms with Crippen LogP contribution in [0.15, 0.2) is 29.6 Å². The van der Waals surface area contributed by atoms with Crippen LogP contribution in [-0.4, -0.2) is 36.7 Å². The summed E-state index contributed by atoms with van der Waals surface area (Å²) in [6, 6.07) is 7.37. The van der Waals surface area contributed by atoms with E-state index in [0.717, 1.165) is 11.3 Å². The summed E-state index contributed by atoms with van der Waals surface area (Å²) in [6.07, 6.45) is -0.432. The molecule has 0 saturated carbocycles. The second-order valence-corrected chi connectivity index (χ2v) is 5.47. The molecule has 6 nitrogen and oxygen atoms in total. The Morgan fingerprint density at radius 1 is 1.36 bits per heavy atom. The molecule has 3 rings (SSSR count). The third-order valence-electron chi connectivity index (χ3n) is 3.19. The predicted octanol–water partition coefficient (Wildman–Crippen LogP) is 2.29. The van der Waals surface area contributed by atoms with Gasteiger partial charge >= 0.3 is 11.9 Å². The van der Waals surface area contributed by atoms with E-state index in [-0.39, 0.29) is 12.3 Å². The van der Waals surface area contributed by atoms with E-state index in [9.17, 15) is 9.59 Å². The molecule has 1 aromatic heterocycles. The Balaban J connectivity index is 1.72. The number of methoxy groups -OCH3 is 1. The van der Waals surface area contributed by atoms with E-state index in [1.807, 2.05) is 24.3 Å². The molecule has 7 heteroatoms. The van der Waals surface area contributed by atoms with Gasteiger partial charge in [0.1, 0.15) is 10.8 Å². The third-order valence-corrected chi connectivity index (χ3v) is 4.08. The van der Waals surface area contributed by atoms with Crippen LogP contribution in [0, 0.1) is 0 Å². The van der Waals surface area contributed by atoms with Gasteiger partial charge in [0.05, 0.1) is 13.7 Å². The van der Waals surface area contributed by atoms with Crippen molar-refractivity contribution in [3.05, 3.63) is 35.3 Å². The van der Waals surface area contributed by atoms with Gasteiger partial charge in [-0.3, -0.25) is 0 Å². The highest BCUT2D eigenvalue weighted by molar-refractivity contribution is 7.13. The topological polar surface area (TPSA) is 74.7 Å². The summed E-state index contributed by atoms with van der Waals surface area (Å²) < 4.78 is 15.0. The van der Waals surface area contributed by atoms with E-state index in [2.05, 4.69) is 4.98 Å². The molecule has 0 aliphatic carbocycles. The van der Waals surface area contributed by atoms with Crippen LogP contribution in [0.1, 0.15) is 16.9 Å². The lowest BCUT2D eigenvalue weighted by molar-refractivity contribution is -0.145. The first kappa shape index (κ1) is 14.5. The molecular weight excluding hydrogens is 306 g/mol. The van der Waals surface area contributed by atoms with Gasteiger partial charge in [-0.2, -0.15) is 0 Å². The minimum Gasteiger partial charge on any atom is -0.497 e. The largest absolute Gasteiger partial charge is 0.497 e. The Labute approximate surface area is 130 Å². The summed E-state index contributed by atoms with van der Waals surface area (Å²) in [7, 11) is 1.60. The lowest BCUT2D eigenvalue weighted by Gasteiger charge is -2.06. The van der Waals surface area contributed by atoms with Crippen LogP contribution in [0.3, 0.4) is 0 Å². The fraction of sp³-hybridized carbons (Fsp3) is 0.267. The van der Waals surface area contributed by atoms with Crippen LogP contribution < -0.4 is 4.74 Å². The monoisotopic (exact) mass is 319 g/mol. The number of cyclic esters (lactones) is 1. The van der Waals surface area contributed by atoms with Crippen molar-refractivity contribution in [2.45, 2.75) is 12.5 Å². The number of thiazole rings is 1. The number of hydrogen-bond acceptors (Lipinski definition) is 7. The van der Waals surface area contributed by atoms with Gasteiger partial charge in [0.25, 0.3) is 0 Å². The molecule has 0 spiro atoms. The maximum atomic E-state index is 12.0. The molecule has 0 amide bonds. The molecule has 2 heterocycles. The van der Waals surface area contributed by atoms with Crippen LogP contribution in [0.2, 0.25) is 0 Å². The Morgan fingerprint density at radius 3 is 2.77 bits per heavy atom. The van der Waals surface area contributed by atoms with E-state index >= 15 is 0 Å². The molecule has 1 atom stereocenters. The number of carbonyl (C=O) groups excluding carboxylic acids is 2. The van der Waals surface area contributed by atoms with Crippen molar-refractivity contribution in [1.82, 2.24) is 4.98 Å². The van der Waals surface area contributed by atoms with E-state index in [0.29, 0.717) is 11.4 Å². The Hall–Kier alpha value is -2.41. The van der Waals surface area contributed by atoms with Crippen molar-refractivity contribution in [2.75, 3.05) is 13.7 Å². The molecule has 0 N–H and O–H groups in total. The van der Waals surface area contributed by atoms with Crippen molar-refractivity contribution in [3.63, 3.8) is 0 Å². The highest BCUT2D eigenvalue weighted by atomic mass is 32.1. The van der Waals surface area contributed by atoms with Crippen molar-refractivity contribution >= 4 is 23.3 Å². The number of hydrogen-bond donors (Lipinski definition) is 0. The molecule has 0 radical (unpaired) electrons. The van der Waals surface area contributed by atoms with E-state index in [4.69, 9.17) is 14.2 Å². The van der Waals surface area contributed by atoms with Crippen molar-refractivity contribution in [3.8, 4) is 16.3 Å². The molecule has 1 saturated heterocycles. The molecule has 1 aliphatic heterocycles. The summed E-state index contributed by atoms with van der Waals surface area (Å²) >= 11 is 1.33. The number of esters is 2. The lowest BCUT2D eigenvalue weighted by Crippen LogP contribution is -2.22. The molecule has 1 fully saturated rings. The van der Waals surface area contributed by atoms with Gasteiger partial charge in [-0.25, -0.2) is 14.6 Å². The van der Waals surface area contributed by atoms with Crippen LogP contribution in [0.4, 0.5) is 0 Å². The van der Waals surface area contributed by atoms with Gasteiger partial charge in [0.2, 0.25) is 6.10 Å². The zero-order chi connectivity index (χ0) is 15.5. The van der Waals surface area contributed by atoms with Crippen molar-refractivity contribution < 1.29 is 23.8 Å². The molecule has 1 aromatic carbocycles. The average Bonchev–Trinajstić information content (AvgIpc) is 3.17. The van der Waals surface area contributed by atoms with Gasteiger partial charge in [0, 0.05) is 17.4 Å². The lowest BCUT2D eigenvalue weighted by atomic mass is 10.2. The molecule has 114 valence electrons. The smallest absolute Gasteiger partial charge is 0.358 e. The van der Waals surface area contributed by atoms with Crippen molar-refractivity contribution in [1.29, 1.82) is 0 Å². The summed E-state index contributed by atoms with van der Waals surface area (Å²) in [6.45, 7) is 0.283. The Morgan fingerprint density at radius 2 is 2.14 bits per heavy atom. The molecule has 2 aromatic rings. The van der Waals surface area contributed by atoms with Gasteiger partial charge in [0.15, 0.2) is 5.69 Å². The van der Waals surface area contributed by atoms with E-state index in [1.165, 1.54) is 11.3 Å². The maximum absolute atomic E-state index is 12.0. The summed E-state index contributed by atoms with van der Waals surface area (Å²) in [5, 5.41) is 2.31. The minimum absolute atomic E-state index is 0.190. The third kappa shape index (κ3) is 2.94. The quantitative estimate of drug-likeness (QED) is 0.805. The highest BCUT2D eigenvalue weighted by Gasteiger charge is 2.31. The van der Waals surface area contributed by atoms with E-state index < -0.39 is 18.0 Å². The number of carbonyl (C=O) groups is 2. The molecule has 1 aliphatic rings. The second-order valence-electron chi connectivity index (χ2n) is 4.62. The zero-order valence-corrected chi connectivity index (χ0v) is 12.6. The zero-order valence-electron chi connectivity index (χ0n) is 11.8. The molecular formula is C15H13NO5S. The van der Waals surface area contributed by atoms with Crippen LogP contribution in [0.5, 0.6) is 5.75 Å². The van der Waals surface area contributed by atoms with E-state index in [1.54, 1.807) is 12.5 Å². The maximum Gasteiger partial charge on any atom is 0.358 e. The fourth-order valence-electron chi connectivity index (χ4n) is 2.01. The predicted molar refractivity (Wildman–Crippen MR) is 78.9 cm³/mol. The Kier molecular flexibility index (Phi) is 4.06. The first-order valence-electron chi connectivity index (χ1n) is 6.65. The summed E-state index contributed by atoms with van der Waals surface area (Å²) in [5.74, 6) is -0.362. The number of ether oxygens (including phenoxy) is 3. The first-order valence-corrected chi connectivity index (χ1v) is 7.53. The molecule has 0 unspecified atom stereocenters. The van der Waals surface area contributed by atoms with Crippen LogP contribution >= 0.6 is 11.3 Å².